The Kier molecular flexibility index (Phi) is 6.06. The number of ether oxygens (including phenoxy) is 3. The minimum Gasteiger partial charge on any atom is -0.493 e. The minimum atomic E-state index is -0.655. The van der Waals surface area contributed by atoms with Crippen molar-refractivity contribution in [2.75, 3.05) is 28.4 Å². The molecule has 3 aromatic rings. The van der Waals surface area contributed by atoms with Gasteiger partial charge in [-0.05, 0) is 22.4 Å². The Morgan fingerprint density at radius 2 is 1.63 bits per heavy atom. The standard InChI is InChI=1S/C22H22N2O6/c1-23(13-14-9-10-15-7-5-6-8-16(15)11-14)22(25)17-12-18(28-2)20(29-3)21(30-4)19(17)24(26)27/h5-12H,13H2,1-4H3. The fourth-order valence-electron chi connectivity index (χ4n) is 3.37. The van der Waals surface area contributed by atoms with Crippen molar-refractivity contribution in [1.82, 2.24) is 4.90 Å². The maximum atomic E-state index is 13.1. The number of nitro benzene ring substituents is 1. The van der Waals surface area contributed by atoms with Crippen LogP contribution in [-0.4, -0.2) is 44.1 Å². The van der Waals surface area contributed by atoms with Crippen LogP contribution in [0.2, 0.25) is 0 Å². The number of nitrogens with zero attached hydrogens (tertiary/aromatic N) is 2. The number of hydrogen-bond donors (Lipinski definition) is 0. The van der Waals surface area contributed by atoms with Crippen molar-refractivity contribution in [1.29, 1.82) is 0 Å². The zero-order valence-corrected chi connectivity index (χ0v) is 17.2. The molecule has 156 valence electrons. The molecule has 0 atom stereocenters. The molecule has 0 saturated heterocycles. The van der Waals surface area contributed by atoms with Gasteiger partial charge in [-0.25, -0.2) is 0 Å². The van der Waals surface area contributed by atoms with Gasteiger partial charge in [-0.15, -0.1) is 0 Å². The predicted molar refractivity (Wildman–Crippen MR) is 112 cm³/mol. The molecule has 0 N–H and O–H groups in total. The summed E-state index contributed by atoms with van der Waals surface area (Å²) in [5, 5.41) is 13.9. The number of amides is 1. The Morgan fingerprint density at radius 1 is 0.967 bits per heavy atom. The van der Waals surface area contributed by atoms with Gasteiger partial charge >= 0.3 is 5.69 Å². The van der Waals surface area contributed by atoms with Gasteiger partial charge in [0.05, 0.1) is 26.3 Å². The Bertz CT molecular complexity index is 1110. The highest BCUT2D eigenvalue weighted by Crippen LogP contribution is 2.46. The van der Waals surface area contributed by atoms with E-state index in [2.05, 4.69) is 0 Å². The van der Waals surface area contributed by atoms with Gasteiger partial charge in [-0.3, -0.25) is 14.9 Å². The Morgan fingerprint density at radius 3 is 2.23 bits per heavy atom. The van der Waals surface area contributed by atoms with E-state index in [9.17, 15) is 14.9 Å². The van der Waals surface area contributed by atoms with Gasteiger partial charge in [0.25, 0.3) is 5.91 Å². The fraction of sp³-hybridized carbons (Fsp3) is 0.227. The second-order valence-electron chi connectivity index (χ2n) is 6.64. The minimum absolute atomic E-state index is 0.0560. The quantitative estimate of drug-likeness (QED) is 0.431. The molecule has 0 saturated carbocycles. The molecule has 0 aromatic heterocycles. The van der Waals surface area contributed by atoms with Crippen molar-refractivity contribution in [2.24, 2.45) is 0 Å². The Hall–Kier alpha value is -3.81. The van der Waals surface area contributed by atoms with Gasteiger partial charge in [0, 0.05) is 19.7 Å². The van der Waals surface area contributed by atoms with E-state index in [1.807, 2.05) is 42.5 Å². The van der Waals surface area contributed by atoms with E-state index in [4.69, 9.17) is 14.2 Å². The van der Waals surface area contributed by atoms with Crippen molar-refractivity contribution in [3.8, 4) is 17.2 Å². The third-order valence-corrected chi connectivity index (χ3v) is 4.80. The molecule has 8 heteroatoms. The highest BCUT2D eigenvalue weighted by molar-refractivity contribution is 6.00. The number of carbonyl (C=O) groups excluding carboxylic acids is 1. The van der Waals surface area contributed by atoms with E-state index >= 15 is 0 Å². The van der Waals surface area contributed by atoms with Crippen LogP contribution in [0, 0.1) is 10.1 Å². The highest BCUT2D eigenvalue weighted by Gasteiger charge is 2.33. The first-order chi connectivity index (χ1) is 14.4. The van der Waals surface area contributed by atoms with Crippen LogP contribution in [0.15, 0.2) is 48.5 Å². The van der Waals surface area contributed by atoms with E-state index in [0.29, 0.717) is 0 Å². The summed E-state index contributed by atoms with van der Waals surface area (Å²) in [7, 11) is 5.59. The summed E-state index contributed by atoms with van der Waals surface area (Å²) in [5.41, 5.74) is 0.294. The molecule has 0 bridgehead atoms. The normalized spacial score (nSPS) is 10.5. The zero-order valence-electron chi connectivity index (χ0n) is 17.2. The van der Waals surface area contributed by atoms with Crippen LogP contribution < -0.4 is 14.2 Å². The molecule has 0 fully saturated rings. The Labute approximate surface area is 173 Å². The molecule has 3 aromatic carbocycles. The molecule has 0 aliphatic heterocycles. The number of rotatable bonds is 7. The van der Waals surface area contributed by atoms with Gasteiger partial charge in [-0.1, -0.05) is 36.4 Å². The van der Waals surface area contributed by atoms with Gasteiger partial charge in [0.1, 0.15) is 5.56 Å². The van der Waals surface area contributed by atoms with E-state index in [1.165, 1.54) is 32.3 Å². The lowest BCUT2D eigenvalue weighted by Gasteiger charge is -2.20. The van der Waals surface area contributed by atoms with Crippen molar-refractivity contribution in [3.63, 3.8) is 0 Å². The highest BCUT2D eigenvalue weighted by atomic mass is 16.6. The van der Waals surface area contributed by atoms with Gasteiger partial charge in [0.2, 0.25) is 11.5 Å². The van der Waals surface area contributed by atoms with Gasteiger partial charge in [0.15, 0.2) is 5.75 Å². The van der Waals surface area contributed by atoms with Crippen LogP contribution in [0.5, 0.6) is 17.2 Å². The van der Waals surface area contributed by atoms with E-state index in [-0.39, 0.29) is 29.4 Å². The van der Waals surface area contributed by atoms with Crippen LogP contribution >= 0.6 is 0 Å². The third kappa shape index (κ3) is 3.84. The van der Waals surface area contributed by atoms with Crippen molar-refractivity contribution >= 4 is 22.4 Å². The van der Waals surface area contributed by atoms with E-state index < -0.39 is 16.5 Å². The number of carbonyl (C=O) groups is 1. The van der Waals surface area contributed by atoms with E-state index in [0.717, 1.165) is 16.3 Å². The predicted octanol–water partition coefficient (Wildman–Crippen LogP) is 4.05. The van der Waals surface area contributed by atoms with Crippen molar-refractivity contribution < 1.29 is 23.9 Å². The van der Waals surface area contributed by atoms with Crippen molar-refractivity contribution in [3.05, 3.63) is 69.8 Å². The summed E-state index contributed by atoms with van der Waals surface area (Å²) in [4.78, 5) is 25.7. The SMILES string of the molecule is COc1cc(C(=O)N(C)Cc2ccc3ccccc3c2)c([N+](=O)[O-])c(OC)c1OC. The van der Waals surface area contributed by atoms with Crippen LogP contribution in [0.1, 0.15) is 15.9 Å². The van der Waals surface area contributed by atoms with E-state index in [1.54, 1.807) is 7.05 Å². The van der Waals surface area contributed by atoms with Gasteiger partial charge in [-0.2, -0.15) is 0 Å². The molecule has 8 nitrogen and oxygen atoms in total. The average molecular weight is 410 g/mol. The molecule has 1 amide bonds. The second kappa shape index (κ2) is 8.69. The summed E-state index contributed by atoms with van der Waals surface area (Å²) >= 11 is 0. The molecule has 3 rings (SSSR count). The zero-order chi connectivity index (χ0) is 21.8. The van der Waals surface area contributed by atoms with Crippen molar-refractivity contribution in [2.45, 2.75) is 6.54 Å². The lowest BCUT2D eigenvalue weighted by atomic mass is 10.1. The van der Waals surface area contributed by atoms with Crippen LogP contribution in [0.25, 0.3) is 10.8 Å². The van der Waals surface area contributed by atoms with Crippen LogP contribution in [0.3, 0.4) is 0 Å². The molecule has 0 heterocycles. The largest absolute Gasteiger partial charge is 0.493 e. The molecule has 0 spiro atoms. The fourth-order valence-corrected chi connectivity index (χ4v) is 3.37. The van der Waals surface area contributed by atoms with Crippen LogP contribution in [-0.2, 0) is 6.54 Å². The molecule has 0 unspecified atom stereocenters. The molecule has 0 aliphatic rings. The molecule has 0 aliphatic carbocycles. The molecular weight excluding hydrogens is 388 g/mol. The summed E-state index contributed by atoms with van der Waals surface area (Å²) in [5.74, 6) is -0.471. The number of benzene rings is 3. The smallest absolute Gasteiger partial charge is 0.327 e. The lowest BCUT2D eigenvalue weighted by Crippen LogP contribution is -2.27. The molecular formula is C22H22N2O6. The maximum Gasteiger partial charge on any atom is 0.327 e. The molecule has 30 heavy (non-hydrogen) atoms. The summed E-state index contributed by atoms with van der Waals surface area (Å²) < 4.78 is 15.6. The number of methoxy groups -OCH3 is 3. The average Bonchev–Trinajstić information content (AvgIpc) is 2.76. The maximum absolute atomic E-state index is 13.1. The first-order valence-corrected chi connectivity index (χ1v) is 9.11. The number of hydrogen-bond acceptors (Lipinski definition) is 6. The van der Waals surface area contributed by atoms with Crippen LogP contribution in [0.4, 0.5) is 5.69 Å². The molecule has 0 radical (unpaired) electrons. The summed E-state index contributed by atoms with van der Waals surface area (Å²) in [6.45, 7) is 0.275. The number of fused-ring (bicyclic) bond motifs is 1. The number of nitro groups is 1. The Balaban J connectivity index is 2.00. The monoisotopic (exact) mass is 410 g/mol. The third-order valence-electron chi connectivity index (χ3n) is 4.80. The summed E-state index contributed by atoms with van der Waals surface area (Å²) in [6.07, 6.45) is 0. The first kappa shape index (κ1) is 20.9. The first-order valence-electron chi connectivity index (χ1n) is 9.11. The summed E-state index contributed by atoms with van der Waals surface area (Å²) in [6, 6.07) is 15.1. The van der Waals surface area contributed by atoms with Gasteiger partial charge < -0.3 is 19.1 Å². The second-order valence-corrected chi connectivity index (χ2v) is 6.64. The topological polar surface area (TPSA) is 91.1 Å². The lowest BCUT2D eigenvalue weighted by molar-refractivity contribution is -0.386.